The summed E-state index contributed by atoms with van der Waals surface area (Å²) in [6.07, 6.45) is 1.87. The number of rotatable bonds is 11. The van der Waals surface area contributed by atoms with Gasteiger partial charge in [-0.25, -0.2) is 0 Å². The summed E-state index contributed by atoms with van der Waals surface area (Å²) in [5.41, 5.74) is 2.07. The van der Waals surface area contributed by atoms with Gasteiger partial charge in [-0.2, -0.15) is 0 Å². The van der Waals surface area contributed by atoms with Crippen LogP contribution in [0.4, 0.5) is 0 Å². The summed E-state index contributed by atoms with van der Waals surface area (Å²) >= 11 is 0. The van der Waals surface area contributed by atoms with E-state index in [-0.39, 0.29) is 11.8 Å². The van der Waals surface area contributed by atoms with Crippen LogP contribution >= 0.6 is 0 Å². The van der Waals surface area contributed by atoms with E-state index in [4.69, 9.17) is 9.47 Å². The van der Waals surface area contributed by atoms with Crippen molar-refractivity contribution >= 4 is 11.8 Å². The van der Waals surface area contributed by atoms with Crippen molar-refractivity contribution in [1.29, 1.82) is 0 Å². The Balaban J connectivity index is 1.97. The molecule has 0 spiro atoms. The molecular formula is C24H32N2O4. The molecule has 0 fully saturated rings. The van der Waals surface area contributed by atoms with Crippen molar-refractivity contribution in [3.8, 4) is 11.5 Å². The molecule has 30 heavy (non-hydrogen) atoms. The molecule has 2 aromatic carbocycles. The minimum atomic E-state index is -0.554. The van der Waals surface area contributed by atoms with Gasteiger partial charge < -0.3 is 19.7 Å². The summed E-state index contributed by atoms with van der Waals surface area (Å²) in [5, 5.41) is 2.96. The van der Waals surface area contributed by atoms with E-state index in [0.717, 1.165) is 29.0 Å². The molecule has 6 heteroatoms. The minimum Gasteiger partial charge on any atom is -0.497 e. The second kappa shape index (κ2) is 11.9. The van der Waals surface area contributed by atoms with Crippen molar-refractivity contribution in [1.82, 2.24) is 10.2 Å². The highest BCUT2D eigenvalue weighted by molar-refractivity contribution is 5.87. The average Bonchev–Trinajstić information content (AvgIpc) is 2.78. The number of hydrogen-bond donors (Lipinski definition) is 1. The van der Waals surface area contributed by atoms with Gasteiger partial charge in [0.2, 0.25) is 11.8 Å². The zero-order valence-corrected chi connectivity index (χ0v) is 18.3. The molecule has 0 aliphatic heterocycles. The molecule has 0 saturated carbocycles. The Hall–Kier alpha value is -3.02. The maximum atomic E-state index is 12.7. The first kappa shape index (κ1) is 23.3. The van der Waals surface area contributed by atoms with Gasteiger partial charge in [-0.1, -0.05) is 31.2 Å². The smallest absolute Gasteiger partial charge is 0.242 e. The van der Waals surface area contributed by atoms with Crippen molar-refractivity contribution in [2.24, 2.45) is 0 Å². The van der Waals surface area contributed by atoms with E-state index in [1.807, 2.05) is 55.5 Å². The molecule has 0 aliphatic rings. The molecule has 2 amide bonds. The van der Waals surface area contributed by atoms with Crippen LogP contribution in [-0.4, -0.2) is 43.5 Å². The molecule has 0 unspecified atom stereocenters. The molecule has 0 aliphatic carbocycles. The highest BCUT2D eigenvalue weighted by atomic mass is 16.5. The van der Waals surface area contributed by atoms with Crippen LogP contribution in [0.2, 0.25) is 0 Å². The molecule has 162 valence electrons. The Bertz CT molecular complexity index is 803. The van der Waals surface area contributed by atoms with Gasteiger partial charge in [-0.3, -0.25) is 9.59 Å². The van der Waals surface area contributed by atoms with Crippen molar-refractivity contribution in [2.45, 2.75) is 45.7 Å². The lowest BCUT2D eigenvalue weighted by Crippen LogP contribution is -2.47. The fraction of sp³-hybridized carbons (Fsp3) is 0.417. The largest absolute Gasteiger partial charge is 0.497 e. The van der Waals surface area contributed by atoms with Gasteiger partial charge in [0.05, 0.1) is 14.2 Å². The molecule has 0 heterocycles. The minimum absolute atomic E-state index is 0.0221. The molecule has 0 radical (unpaired) electrons. The van der Waals surface area contributed by atoms with Crippen LogP contribution in [0.15, 0.2) is 48.5 Å². The van der Waals surface area contributed by atoms with Gasteiger partial charge in [-0.05, 0) is 55.2 Å². The third-order valence-electron chi connectivity index (χ3n) is 5.02. The lowest BCUT2D eigenvalue weighted by molar-refractivity contribution is -0.140. The molecule has 0 saturated heterocycles. The normalized spacial score (nSPS) is 11.5. The van der Waals surface area contributed by atoms with E-state index in [1.165, 1.54) is 0 Å². The third-order valence-corrected chi connectivity index (χ3v) is 5.02. The molecule has 1 N–H and O–H groups in total. The van der Waals surface area contributed by atoms with Crippen molar-refractivity contribution in [3.05, 3.63) is 59.7 Å². The monoisotopic (exact) mass is 412 g/mol. The quantitative estimate of drug-likeness (QED) is 0.613. The SMILES string of the molecule is CCCC(=O)N(Cc1ccc(OC)cc1)[C@H](C)C(=O)NCCc1ccc(OC)cc1. The van der Waals surface area contributed by atoms with Crippen LogP contribution in [0.25, 0.3) is 0 Å². The first-order valence-electron chi connectivity index (χ1n) is 10.3. The molecule has 0 bridgehead atoms. The first-order valence-corrected chi connectivity index (χ1v) is 10.3. The predicted molar refractivity (Wildman–Crippen MR) is 118 cm³/mol. The number of carbonyl (C=O) groups excluding carboxylic acids is 2. The number of amides is 2. The molecule has 2 rings (SSSR count). The van der Waals surface area contributed by atoms with Crippen LogP contribution in [0, 0.1) is 0 Å². The fourth-order valence-corrected chi connectivity index (χ4v) is 3.14. The molecule has 6 nitrogen and oxygen atoms in total. The van der Waals surface area contributed by atoms with E-state index in [2.05, 4.69) is 5.32 Å². The molecule has 0 aromatic heterocycles. The van der Waals surface area contributed by atoms with E-state index in [1.54, 1.807) is 26.0 Å². The number of nitrogens with one attached hydrogen (secondary N) is 1. The van der Waals surface area contributed by atoms with Crippen LogP contribution < -0.4 is 14.8 Å². The Morgan fingerprint density at radius 3 is 1.97 bits per heavy atom. The maximum Gasteiger partial charge on any atom is 0.242 e. The van der Waals surface area contributed by atoms with Gasteiger partial charge in [0.15, 0.2) is 0 Å². The Morgan fingerprint density at radius 1 is 0.933 bits per heavy atom. The second-order valence-electron chi connectivity index (χ2n) is 7.18. The number of carbonyl (C=O) groups is 2. The summed E-state index contributed by atoms with van der Waals surface area (Å²) in [5.74, 6) is 1.39. The number of methoxy groups -OCH3 is 2. The van der Waals surface area contributed by atoms with Gasteiger partial charge in [0.1, 0.15) is 17.5 Å². The van der Waals surface area contributed by atoms with Crippen molar-refractivity contribution < 1.29 is 19.1 Å². The standard InChI is InChI=1S/C24H32N2O4/c1-5-6-23(27)26(17-20-9-13-22(30-4)14-10-20)18(2)24(28)25-16-15-19-7-11-21(29-3)12-8-19/h7-14,18H,5-6,15-17H2,1-4H3,(H,25,28)/t18-/m1/s1. The second-order valence-corrected chi connectivity index (χ2v) is 7.18. The summed E-state index contributed by atoms with van der Waals surface area (Å²) < 4.78 is 10.3. The van der Waals surface area contributed by atoms with E-state index in [9.17, 15) is 9.59 Å². The van der Waals surface area contributed by atoms with Gasteiger partial charge >= 0.3 is 0 Å². The van der Waals surface area contributed by atoms with Crippen molar-refractivity contribution in [2.75, 3.05) is 20.8 Å². The summed E-state index contributed by atoms with van der Waals surface area (Å²) in [6.45, 7) is 4.63. The number of nitrogens with zero attached hydrogens (tertiary/aromatic N) is 1. The number of hydrogen-bond acceptors (Lipinski definition) is 4. The highest BCUT2D eigenvalue weighted by Gasteiger charge is 2.25. The zero-order valence-electron chi connectivity index (χ0n) is 18.3. The Morgan fingerprint density at radius 2 is 1.47 bits per heavy atom. The van der Waals surface area contributed by atoms with E-state index < -0.39 is 6.04 Å². The molecular weight excluding hydrogens is 380 g/mol. The Kier molecular flexibility index (Phi) is 9.19. The van der Waals surface area contributed by atoms with E-state index >= 15 is 0 Å². The molecule has 2 aromatic rings. The van der Waals surface area contributed by atoms with Crippen LogP contribution in [0.3, 0.4) is 0 Å². The zero-order chi connectivity index (χ0) is 21.9. The predicted octanol–water partition coefficient (Wildman–Crippen LogP) is 3.58. The summed E-state index contributed by atoms with van der Waals surface area (Å²) in [7, 11) is 3.25. The molecule has 1 atom stereocenters. The first-order chi connectivity index (χ1) is 14.5. The number of ether oxygens (including phenoxy) is 2. The van der Waals surface area contributed by atoms with Gasteiger partial charge in [0, 0.05) is 19.5 Å². The fourth-order valence-electron chi connectivity index (χ4n) is 3.14. The summed E-state index contributed by atoms with van der Waals surface area (Å²) in [6, 6.07) is 14.8. The number of benzene rings is 2. The van der Waals surface area contributed by atoms with Crippen LogP contribution in [-0.2, 0) is 22.6 Å². The van der Waals surface area contributed by atoms with Gasteiger partial charge in [-0.15, -0.1) is 0 Å². The summed E-state index contributed by atoms with van der Waals surface area (Å²) in [4.78, 5) is 27.1. The van der Waals surface area contributed by atoms with Gasteiger partial charge in [0.25, 0.3) is 0 Å². The maximum absolute atomic E-state index is 12.7. The van der Waals surface area contributed by atoms with Crippen LogP contribution in [0.5, 0.6) is 11.5 Å². The third kappa shape index (κ3) is 6.79. The van der Waals surface area contributed by atoms with Crippen molar-refractivity contribution in [3.63, 3.8) is 0 Å². The average molecular weight is 413 g/mol. The topological polar surface area (TPSA) is 67.9 Å². The lowest BCUT2D eigenvalue weighted by atomic mass is 10.1. The van der Waals surface area contributed by atoms with Crippen LogP contribution in [0.1, 0.15) is 37.8 Å². The van der Waals surface area contributed by atoms with E-state index in [0.29, 0.717) is 25.9 Å². The highest BCUT2D eigenvalue weighted by Crippen LogP contribution is 2.16. The Labute approximate surface area is 179 Å². The lowest BCUT2D eigenvalue weighted by Gasteiger charge is -2.29.